The SMILES string of the molecule is C[C@@H](NCc1ccc(OCC(N)=O)cc1)C1CCCC1. The largest absolute Gasteiger partial charge is 0.484 e. The second kappa shape index (κ2) is 7.29. The van der Waals surface area contributed by atoms with Gasteiger partial charge in [0, 0.05) is 12.6 Å². The van der Waals surface area contributed by atoms with E-state index in [0.717, 1.165) is 12.5 Å². The zero-order chi connectivity index (χ0) is 14.4. The molecule has 1 fully saturated rings. The van der Waals surface area contributed by atoms with E-state index >= 15 is 0 Å². The molecule has 1 amide bonds. The minimum atomic E-state index is -0.457. The predicted molar refractivity (Wildman–Crippen MR) is 79.4 cm³/mol. The number of nitrogens with two attached hydrogens (primary N) is 1. The number of ether oxygens (including phenoxy) is 1. The lowest BCUT2D eigenvalue weighted by molar-refractivity contribution is -0.119. The first-order valence-corrected chi connectivity index (χ1v) is 7.38. The molecule has 0 bridgehead atoms. The van der Waals surface area contributed by atoms with Crippen molar-refractivity contribution in [3.8, 4) is 5.75 Å². The van der Waals surface area contributed by atoms with Crippen molar-refractivity contribution in [2.75, 3.05) is 6.61 Å². The fourth-order valence-corrected chi connectivity index (χ4v) is 2.76. The van der Waals surface area contributed by atoms with E-state index in [-0.39, 0.29) is 6.61 Å². The predicted octanol–water partition coefficient (Wildman–Crippen LogP) is 2.22. The van der Waals surface area contributed by atoms with Gasteiger partial charge in [-0.15, -0.1) is 0 Å². The van der Waals surface area contributed by atoms with Crippen molar-refractivity contribution in [2.45, 2.75) is 45.2 Å². The summed E-state index contributed by atoms with van der Waals surface area (Å²) in [4.78, 5) is 10.6. The summed E-state index contributed by atoms with van der Waals surface area (Å²) in [6, 6.07) is 8.36. The Labute approximate surface area is 120 Å². The Hall–Kier alpha value is -1.55. The maximum absolute atomic E-state index is 10.6. The number of hydrogen-bond acceptors (Lipinski definition) is 3. The summed E-state index contributed by atoms with van der Waals surface area (Å²) in [6.45, 7) is 3.07. The highest BCUT2D eigenvalue weighted by Crippen LogP contribution is 2.27. The molecule has 0 aliphatic heterocycles. The number of carbonyl (C=O) groups excluding carboxylic acids is 1. The fraction of sp³-hybridized carbons (Fsp3) is 0.562. The summed E-state index contributed by atoms with van der Waals surface area (Å²) in [5.41, 5.74) is 6.26. The first kappa shape index (κ1) is 14.9. The molecule has 110 valence electrons. The van der Waals surface area contributed by atoms with Gasteiger partial charge < -0.3 is 15.8 Å². The molecule has 1 aromatic rings. The quantitative estimate of drug-likeness (QED) is 0.802. The lowest BCUT2D eigenvalue weighted by atomic mass is 9.99. The fourth-order valence-electron chi connectivity index (χ4n) is 2.76. The van der Waals surface area contributed by atoms with Gasteiger partial charge in [0.25, 0.3) is 5.91 Å². The molecule has 2 rings (SSSR count). The molecular formula is C16H24N2O2. The second-order valence-corrected chi connectivity index (χ2v) is 5.61. The summed E-state index contributed by atoms with van der Waals surface area (Å²) in [5, 5.41) is 3.60. The Bertz CT molecular complexity index is 425. The summed E-state index contributed by atoms with van der Waals surface area (Å²) in [7, 11) is 0. The Morgan fingerprint density at radius 1 is 1.35 bits per heavy atom. The molecule has 0 saturated heterocycles. The van der Waals surface area contributed by atoms with Crippen molar-refractivity contribution < 1.29 is 9.53 Å². The molecule has 4 nitrogen and oxygen atoms in total. The van der Waals surface area contributed by atoms with Crippen molar-refractivity contribution in [2.24, 2.45) is 11.7 Å². The van der Waals surface area contributed by atoms with Crippen LogP contribution in [0.4, 0.5) is 0 Å². The van der Waals surface area contributed by atoms with Crippen LogP contribution in [0.5, 0.6) is 5.75 Å². The molecule has 0 radical (unpaired) electrons. The Morgan fingerprint density at radius 3 is 2.60 bits per heavy atom. The molecule has 1 atom stereocenters. The third-order valence-electron chi connectivity index (χ3n) is 4.04. The Balaban J connectivity index is 1.76. The van der Waals surface area contributed by atoms with Crippen LogP contribution < -0.4 is 15.8 Å². The smallest absolute Gasteiger partial charge is 0.255 e. The highest BCUT2D eigenvalue weighted by Gasteiger charge is 2.20. The van der Waals surface area contributed by atoms with Crippen LogP contribution in [0.2, 0.25) is 0 Å². The van der Waals surface area contributed by atoms with Crippen LogP contribution >= 0.6 is 0 Å². The molecule has 20 heavy (non-hydrogen) atoms. The molecule has 1 aliphatic rings. The zero-order valence-corrected chi connectivity index (χ0v) is 12.1. The third kappa shape index (κ3) is 4.53. The number of primary amides is 1. The maximum Gasteiger partial charge on any atom is 0.255 e. The van der Waals surface area contributed by atoms with Gasteiger partial charge in [-0.05, 0) is 43.4 Å². The number of hydrogen-bond donors (Lipinski definition) is 2. The van der Waals surface area contributed by atoms with Crippen LogP contribution in [0.1, 0.15) is 38.2 Å². The molecule has 3 N–H and O–H groups in total. The highest BCUT2D eigenvalue weighted by atomic mass is 16.5. The van der Waals surface area contributed by atoms with Gasteiger partial charge in [-0.3, -0.25) is 4.79 Å². The van der Waals surface area contributed by atoms with E-state index in [4.69, 9.17) is 10.5 Å². The van der Waals surface area contributed by atoms with Crippen LogP contribution in [0.3, 0.4) is 0 Å². The molecule has 1 saturated carbocycles. The van der Waals surface area contributed by atoms with Crippen LogP contribution in [0.15, 0.2) is 24.3 Å². The number of carbonyl (C=O) groups is 1. The lowest BCUT2D eigenvalue weighted by Gasteiger charge is -2.20. The molecule has 4 heteroatoms. The first-order valence-electron chi connectivity index (χ1n) is 7.38. The van der Waals surface area contributed by atoms with Gasteiger partial charge in [0.1, 0.15) is 5.75 Å². The minimum Gasteiger partial charge on any atom is -0.484 e. The summed E-state index contributed by atoms with van der Waals surface area (Å²) >= 11 is 0. The van der Waals surface area contributed by atoms with Gasteiger partial charge in [-0.1, -0.05) is 25.0 Å². The van der Waals surface area contributed by atoms with E-state index in [9.17, 15) is 4.79 Å². The average Bonchev–Trinajstić information content (AvgIpc) is 2.98. The summed E-state index contributed by atoms with van der Waals surface area (Å²) in [5.74, 6) is 1.05. The zero-order valence-electron chi connectivity index (χ0n) is 12.1. The normalized spacial score (nSPS) is 17.1. The monoisotopic (exact) mass is 276 g/mol. The van der Waals surface area contributed by atoms with Crippen molar-refractivity contribution in [1.82, 2.24) is 5.32 Å². The van der Waals surface area contributed by atoms with E-state index in [1.165, 1.54) is 31.2 Å². The van der Waals surface area contributed by atoms with Gasteiger partial charge >= 0.3 is 0 Å². The number of rotatable bonds is 7. The lowest BCUT2D eigenvalue weighted by Crippen LogP contribution is -2.31. The molecular weight excluding hydrogens is 252 g/mol. The topological polar surface area (TPSA) is 64.3 Å². The van der Waals surface area contributed by atoms with E-state index in [0.29, 0.717) is 11.8 Å². The molecule has 0 heterocycles. The summed E-state index contributed by atoms with van der Waals surface area (Å²) < 4.78 is 5.23. The van der Waals surface area contributed by atoms with Crippen LogP contribution in [-0.2, 0) is 11.3 Å². The second-order valence-electron chi connectivity index (χ2n) is 5.61. The third-order valence-corrected chi connectivity index (χ3v) is 4.04. The van der Waals surface area contributed by atoms with Gasteiger partial charge in [-0.2, -0.15) is 0 Å². The molecule has 0 aromatic heterocycles. The van der Waals surface area contributed by atoms with E-state index in [2.05, 4.69) is 12.2 Å². The first-order chi connectivity index (χ1) is 9.65. The Kier molecular flexibility index (Phi) is 5.41. The van der Waals surface area contributed by atoms with E-state index in [1.54, 1.807) is 0 Å². The number of benzene rings is 1. The van der Waals surface area contributed by atoms with Crippen molar-refractivity contribution in [1.29, 1.82) is 0 Å². The highest BCUT2D eigenvalue weighted by molar-refractivity contribution is 5.75. The number of amides is 1. The maximum atomic E-state index is 10.6. The van der Waals surface area contributed by atoms with Gasteiger partial charge in [0.2, 0.25) is 0 Å². The van der Waals surface area contributed by atoms with Crippen LogP contribution in [0.25, 0.3) is 0 Å². The van der Waals surface area contributed by atoms with Gasteiger partial charge in [0.05, 0.1) is 0 Å². The minimum absolute atomic E-state index is 0.0731. The molecule has 1 aliphatic carbocycles. The van der Waals surface area contributed by atoms with Gasteiger partial charge in [0.15, 0.2) is 6.61 Å². The molecule has 1 aromatic carbocycles. The van der Waals surface area contributed by atoms with E-state index in [1.807, 2.05) is 24.3 Å². The van der Waals surface area contributed by atoms with Crippen molar-refractivity contribution in [3.63, 3.8) is 0 Å². The van der Waals surface area contributed by atoms with Gasteiger partial charge in [-0.25, -0.2) is 0 Å². The standard InChI is InChI=1S/C16H24N2O2/c1-12(14-4-2-3-5-14)18-10-13-6-8-15(9-7-13)20-11-16(17)19/h6-9,12,14,18H,2-5,10-11H2,1H3,(H2,17,19)/t12-/m1/s1. The van der Waals surface area contributed by atoms with E-state index < -0.39 is 5.91 Å². The van der Waals surface area contributed by atoms with Crippen LogP contribution in [0, 0.1) is 5.92 Å². The summed E-state index contributed by atoms with van der Waals surface area (Å²) in [6.07, 6.45) is 5.47. The Morgan fingerprint density at radius 2 is 2.00 bits per heavy atom. The number of nitrogens with one attached hydrogen (secondary N) is 1. The van der Waals surface area contributed by atoms with Crippen molar-refractivity contribution in [3.05, 3.63) is 29.8 Å². The average molecular weight is 276 g/mol. The van der Waals surface area contributed by atoms with Crippen LogP contribution in [-0.4, -0.2) is 18.6 Å². The molecule has 0 spiro atoms. The molecule has 0 unspecified atom stereocenters. The van der Waals surface area contributed by atoms with Crippen molar-refractivity contribution >= 4 is 5.91 Å².